The van der Waals surface area contributed by atoms with Gasteiger partial charge in [0.15, 0.2) is 0 Å². The summed E-state index contributed by atoms with van der Waals surface area (Å²) in [5.74, 6) is 0.336. The SMILES string of the molecule is C=C=C(C=CC)c1ccccc1.C=Cc1c(C2=C(C)CCC2)cc(-c2ccc(-c3ccc(C(C)c4ccc(C5=CCCC=C5)cc4)cc3)cc2)c(C)c1-c1ccccc1C.CC.CC.Cc1ccccc1. The van der Waals surface area contributed by atoms with Crippen LogP contribution in [-0.4, -0.2) is 0 Å². The first kappa shape index (κ1) is 54.7. The van der Waals surface area contributed by atoms with Gasteiger partial charge in [0.1, 0.15) is 0 Å². The number of rotatable bonds is 10. The van der Waals surface area contributed by atoms with Crippen LogP contribution in [0.3, 0.4) is 0 Å². The largest absolute Gasteiger partial charge is 0.120 e. The van der Waals surface area contributed by atoms with Crippen molar-refractivity contribution in [1.82, 2.24) is 0 Å². The van der Waals surface area contributed by atoms with Crippen molar-refractivity contribution in [1.29, 1.82) is 0 Å². The van der Waals surface area contributed by atoms with Crippen LogP contribution in [0.25, 0.3) is 56.2 Å². The van der Waals surface area contributed by atoms with Crippen LogP contribution in [0.1, 0.15) is 137 Å². The lowest BCUT2D eigenvalue weighted by molar-refractivity contribution is 0.910. The molecule has 1 atom stereocenters. The lowest BCUT2D eigenvalue weighted by atomic mass is 9.82. The van der Waals surface area contributed by atoms with E-state index in [1.54, 1.807) is 0 Å². The zero-order valence-corrected chi connectivity index (χ0v) is 44.6. The molecule has 0 radical (unpaired) electrons. The summed E-state index contributed by atoms with van der Waals surface area (Å²) in [6.07, 6.45) is 18.8. The van der Waals surface area contributed by atoms with Gasteiger partial charge in [-0.2, -0.15) is 0 Å². The lowest BCUT2D eigenvalue weighted by Crippen LogP contribution is -2.00. The highest BCUT2D eigenvalue weighted by Crippen LogP contribution is 2.45. The van der Waals surface area contributed by atoms with Crippen molar-refractivity contribution < 1.29 is 0 Å². The third-order valence-corrected chi connectivity index (χ3v) is 13.3. The van der Waals surface area contributed by atoms with Crippen LogP contribution in [0, 0.1) is 20.8 Å². The van der Waals surface area contributed by atoms with Crippen LogP contribution in [-0.2, 0) is 0 Å². The van der Waals surface area contributed by atoms with E-state index in [-0.39, 0.29) is 0 Å². The maximum Gasteiger partial charge on any atom is 0.0227 e. The van der Waals surface area contributed by atoms with E-state index >= 15 is 0 Å². The second-order valence-electron chi connectivity index (χ2n) is 17.8. The minimum Gasteiger partial charge on any atom is -0.120 e. The van der Waals surface area contributed by atoms with E-state index in [0.29, 0.717) is 5.92 Å². The molecule has 0 aromatic heterocycles. The van der Waals surface area contributed by atoms with Gasteiger partial charge in [-0.25, -0.2) is 0 Å². The fourth-order valence-electron chi connectivity index (χ4n) is 9.39. The van der Waals surface area contributed by atoms with Gasteiger partial charge >= 0.3 is 0 Å². The van der Waals surface area contributed by atoms with Crippen molar-refractivity contribution >= 4 is 22.8 Å². The normalized spacial score (nSPS) is 12.8. The number of hydrogen-bond acceptors (Lipinski definition) is 0. The average molecular weight is 931 g/mol. The molecule has 0 fully saturated rings. The first-order chi connectivity index (χ1) is 34.7. The summed E-state index contributed by atoms with van der Waals surface area (Å²) in [5.41, 5.74) is 27.7. The van der Waals surface area contributed by atoms with Crippen LogP contribution >= 0.6 is 0 Å². The Morgan fingerprint density at radius 3 is 1.63 bits per heavy atom. The van der Waals surface area contributed by atoms with Crippen LogP contribution < -0.4 is 0 Å². The molecule has 0 N–H and O–H groups in total. The number of hydrogen-bond donors (Lipinski definition) is 0. The van der Waals surface area contributed by atoms with Crippen molar-refractivity contribution in [3.8, 4) is 33.4 Å². The lowest BCUT2D eigenvalue weighted by Gasteiger charge is -2.22. The molecule has 0 spiro atoms. The smallest absolute Gasteiger partial charge is 0.0227 e. The molecular weight excluding hydrogens is 853 g/mol. The van der Waals surface area contributed by atoms with Gasteiger partial charge in [0, 0.05) is 11.5 Å². The molecular formula is C71H78. The van der Waals surface area contributed by atoms with Crippen LogP contribution in [0.4, 0.5) is 0 Å². The Morgan fingerprint density at radius 1 is 0.592 bits per heavy atom. The molecule has 71 heavy (non-hydrogen) atoms. The fourth-order valence-corrected chi connectivity index (χ4v) is 9.39. The molecule has 0 saturated carbocycles. The molecule has 0 aliphatic heterocycles. The van der Waals surface area contributed by atoms with Crippen LogP contribution in [0.15, 0.2) is 219 Å². The molecule has 0 heterocycles. The van der Waals surface area contributed by atoms with Crippen molar-refractivity contribution in [3.63, 3.8) is 0 Å². The zero-order chi connectivity index (χ0) is 51.1. The van der Waals surface area contributed by atoms with Crippen LogP contribution in [0.5, 0.6) is 0 Å². The van der Waals surface area contributed by atoms with Gasteiger partial charge in [0.25, 0.3) is 0 Å². The van der Waals surface area contributed by atoms with Crippen molar-refractivity contribution in [2.75, 3.05) is 0 Å². The highest BCUT2D eigenvalue weighted by molar-refractivity contribution is 5.93. The molecule has 0 amide bonds. The summed E-state index contributed by atoms with van der Waals surface area (Å²) >= 11 is 0. The number of allylic oxidation sites excluding steroid dienone is 9. The highest BCUT2D eigenvalue weighted by Gasteiger charge is 2.22. The Hall–Kier alpha value is -7.24. The van der Waals surface area contributed by atoms with Crippen molar-refractivity contribution in [3.05, 3.63) is 269 Å². The van der Waals surface area contributed by atoms with E-state index in [9.17, 15) is 0 Å². The fraction of sp³-hybridized carbons (Fsp3) is 0.225. The summed E-state index contributed by atoms with van der Waals surface area (Å²) in [6.45, 7) is 29.2. The van der Waals surface area contributed by atoms with E-state index in [2.05, 4.69) is 193 Å². The van der Waals surface area contributed by atoms with Crippen molar-refractivity contribution in [2.24, 2.45) is 0 Å². The van der Waals surface area contributed by atoms with Crippen molar-refractivity contribution in [2.45, 2.75) is 107 Å². The number of aryl methyl sites for hydroxylation is 2. The molecule has 1 unspecified atom stereocenters. The predicted octanol–water partition coefficient (Wildman–Crippen LogP) is 21.3. The molecule has 0 saturated heterocycles. The minimum atomic E-state index is 0.336. The van der Waals surface area contributed by atoms with E-state index < -0.39 is 0 Å². The summed E-state index contributed by atoms with van der Waals surface area (Å²) in [7, 11) is 0. The summed E-state index contributed by atoms with van der Waals surface area (Å²) in [4.78, 5) is 0. The highest BCUT2D eigenvalue weighted by atomic mass is 14.3. The van der Waals surface area contributed by atoms with E-state index in [0.717, 1.165) is 30.4 Å². The third kappa shape index (κ3) is 14.4. The molecule has 0 nitrogen and oxygen atoms in total. The Bertz CT molecular complexity index is 2940. The van der Waals surface area contributed by atoms with E-state index in [1.165, 1.54) is 107 Å². The Morgan fingerprint density at radius 2 is 1.14 bits per heavy atom. The Labute approximate surface area is 430 Å². The quantitative estimate of drug-likeness (QED) is 0.0947. The molecule has 362 valence electrons. The standard InChI is InChI=1S/C48H46.C12H12.C7H8.2C2H6/c1-6-43-47(44-18-12-14-32(44)2)31-46(35(5)48(43)45-17-11-10-13-33(45)3)42-29-27-41(28-30-42)40-25-21-37(22-26-40)34(4)36-19-23-39(24-20-36)38-15-8-7-9-16-38;1-3-8-11(4-2)12-9-6-5-7-10-12;1-7-5-3-2-4-6-7;2*1-2/h6,8,10-11,13,15-17,19-31,34H,1,7,9,12,14,18H2,2-5H3;3,5-10H,2H2,1H3;2-6H,1H3;2*1-2H3. The van der Waals surface area contributed by atoms with Gasteiger partial charge in [-0.1, -0.05) is 253 Å². The van der Waals surface area contributed by atoms with Gasteiger partial charge in [0.05, 0.1) is 0 Å². The zero-order valence-electron chi connectivity index (χ0n) is 44.6. The predicted molar refractivity (Wildman–Crippen MR) is 317 cm³/mol. The minimum absolute atomic E-state index is 0.336. The molecule has 0 heteroatoms. The first-order valence-electron chi connectivity index (χ1n) is 26.0. The molecule has 9 rings (SSSR count). The topological polar surface area (TPSA) is 0 Å². The average Bonchev–Trinajstić information content (AvgIpc) is 3.87. The third-order valence-electron chi connectivity index (χ3n) is 13.3. The molecule has 0 bridgehead atoms. The Balaban J connectivity index is 0.000000336. The Kier molecular flexibility index (Phi) is 21.9. The van der Waals surface area contributed by atoms with Gasteiger partial charge in [-0.15, -0.1) is 5.73 Å². The molecule has 7 aromatic carbocycles. The second kappa shape index (κ2) is 28.4. The maximum atomic E-state index is 4.32. The van der Waals surface area contributed by atoms with Gasteiger partial charge < -0.3 is 0 Å². The van der Waals surface area contributed by atoms with Crippen LogP contribution in [0.2, 0.25) is 0 Å². The summed E-state index contributed by atoms with van der Waals surface area (Å²) in [6, 6.07) is 59.1. The van der Waals surface area contributed by atoms with Gasteiger partial charge in [-0.05, 0) is 162 Å². The molecule has 2 aliphatic carbocycles. The van der Waals surface area contributed by atoms with Gasteiger partial charge in [-0.3, -0.25) is 0 Å². The molecule has 7 aromatic rings. The summed E-state index contributed by atoms with van der Waals surface area (Å²) in [5, 5.41) is 0. The van der Waals surface area contributed by atoms with E-state index in [1.807, 2.05) is 95.3 Å². The molecule has 2 aliphatic rings. The maximum absolute atomic E-state index is 4.32. The first-order valence-corrected chi connectivity index (χ1v) is 26.0. The number of benzene rings is 7. The second-order valence-corrected chi connectivity index (χ2v) is 17.8. The summed E-state index contributed by atoms with van der Waals surface area (Å²) < 4.78 is 0. The van der Waals surface area contributed by atoms with Gasteiger partial charge in [0.2, 0.25) is 0 Å². The monoisotopic (exact) mass is 931 g/mol. The van der Waals surface area contributed by atoms with E-state index in [4.69, 9.17) is 0 Å².